The van der Waals surface area contributed by atoms with Gasteiger partial charge in [0.15, 0.2) is 0 Å². The summed E-state index contributed by atoms with van der Waals surface area (Å²) in [5.41, 5.74) is -0.0409. The molecule has 0 unspecified atom stereocenters. The van der Waals surface area contributed by atoms with Crippen LogP contribution in [0.15, 0.2) is 30.3 Å². The molecule has 3 rings (SSSR count). The summed E-state index contributed by atoms with van der Waals surface area (Å²) < 4.78 is 5.43. The second-order valence-corrected chi connectivity index (χ2v) is 6.91. The van der Waals surface area contributed by atoms with Crippen LogP contribution in [0.2, 0.25) is 0 Å². The normalized spacial score (nSPS) is 35.2. The Bertz CT molecular complexity index is 512. The number of carbonyl (C=O) groups is 1. The number of benzene rings is 1. The largest absolute Gasteiger partial charge is 0.462 e. The number of fused-ring (bicyclic) bond motifs is 1. The lowest BCUT2D eigenvalue weighted by Gasteiger charge is -2.59. The third kappa shape index (κ3) is 2.48. The molecule has 2 aliphatic carbocycles. The molecule has 0 saturated heterocycles. The molecule has 0 heterocycles. The molecule has 1 aromatic carbocycles. The van der Waals surface area contributed by atoms with Crippen LogP contribution in [0, 0.1) is 11.3 Å². The summed E-state index contributed by atoms with van der Waals surface area (Å²) in [5.74, 6) is -0.199. The highest BCUT2D eigenvalue weighted by Gasteiger charge is 2.61. The van der Waals surface area contributed by atoms with Crippen molar-refractivity contribution in [1.82, 2.24) is 0 Å². The maximum Gasteiger partial charge on any atom is 0.338 e. The summed E-state index contributed by atoms with van der Waals surface area (Å²) in [5, 5.41) is 11.0. The highest BCUT2D eigenvalue weighted by molar-refractivity contribution is 5.89. The van der Waals surface area contributed by atoms with Gasteiger partial charge >= 0.3 is 5.97 Å². The van der Waals surface area contributed by atoms with Crippen molar-refractivity contribution in [2.45, 2.75) is 51.0 Å². The zero-order valence-electron chi connectivity index (χ0n) is 12.7. The van der Waals surface area contributed by atoms with E-state index in [0.29, 0.717) is 12.2 Å². The van der Waals surface area contributed by atoms with Crippen molar-refractivity contribution in [3.8, 4) is 0 Å². The molecule has 0 amide bonds. The Labute approximate surface area is 126 Å². The fourth-order valence-corrected chi connectivity index (χ4v) is 4.19. The Morgan fingerprint density at radius 2 is 1.95 bits per heavy atom. The molecule has 3 atom stereocenters. The van der Waals surface area contributed by atoms with E-state index in [1.807, 2.05) is 18.2 Å². The first-order valence-electron chi connectivity index (χ1n) is 8.00. The van der Waals surface area contributed by atoms with Crippen molar-refractivity contribution >= 4 is 5.97 Å². The van der Waals surface area contributed by atoms with Crippen molar-refractivity contribution < 1.29 is 14.6 Å². The van der Waals surface area contributed by atoms with Gasteiger partial charge in [0.25, 0.3) is 0 Å². The van der Waals surface area contributed by atoms with Gasteiger partial charge in [-0.2, -0.15) is 0 Å². The molecule has 2 saturated carbocycles. The molecule has 0 aromatic heterocycles. The molecule has 114 valence electrons. The molecule has 1 N–H and O–H groups in total. The van der Waals surface area contributed by atoms with Gasteiger partial charge in [0.1, 0.15) is 0 Å². The summed E-state index contributed by atoms with van der Waals surface area (Å²) >= 11 is 0. The second kappa shape index (κ2) is 5.45. The van der Waals surface area contributed by atoms with Crippen LogP contribution in [0.3, 0.4) is 0 Å². The molecule has 0 spiro atoms. The number of ether oxygens (including phenoxy) is 1. The maximum absolute atomic E-state index is 12.0. The highest BCUT2D eigenvalue weighted by Crippen LogP contribution is 2.60. The average molecular weight is 288 g/mol. The summed E-state index contributed by atoms with van der Waals surface area (Å²) in [6.07, 6.45) is 6.38. The fourth-order valence-electron chi connectivity index (χ4n) is 4.19. The number of carbonyl (C=O) groups excluding carboxylic acids is 1. The third-order valence-corrected chi connectivity index (χ3v) is 5.63. The minimum absolute atomic E-state index is 0.0212. The third-order valence-electron chi connectivity index (χ3n) is 5.63. The Morgan fingerprint density at radius 3 is 2.71 bits per heavy atom. The topological polar surface area (TPSA) is 46.5 Å². The molecular formula is C18H24O3. The van der Waals surface area contributed by atoms with E-state index in [-0.39, 0.29) is 17.3 Å². The lowest BCUT2D eigenvalue weighted by molar-refractivity contribution is -0.222. The SMILES string of the molecule is C[C@@]12CCCCC[C@]1(O)[C@H](COC(=O)c1ccccc1)C2. The van der Waals surface area contributed by atoms with Crippen LogP contribution in [0.5, 0.6) is 0 Å². The maximum atomic E-state index is 12.0. The predicted molar refractivity (Wildman–Crippen MR) is 81.0 cm³/mol. The molecule has 2 fully saturated rings. The number of hydrogen-bond donors (Lipinski definition) is 1. The molecule has 0 radical (unpaired) electrons. The van der Waals surface area contributed by atoms with Crippen molar-refractivity contribution in [3.05, 3.63) is 35.9 Å². The van der Waals surface area contributed by atoms with E-state index in [4.69, 9.17) is 4.74 Å². The van der Waals surface area contributed by atoms with E-state index >= 15 is 0 Å². The lowest BCUT2D eigenvalue weighted by atomic mass is 9.49. The quantitative estimate of drug-likeness (QED) is 0.865. The first kappa shape index (κ1) is 14.6. The lowest BCUT2D eigenvalue weighted by Crippen LogP contribution is -2.63. The number of hydrogen-bond acceptors (Lipinski definition) is 3. The number of rotatable bonds is 3. The summed E-state index contributed by atoms with van der Waals surface area (Å²) in [4.78, 5) is 12.0. The van der Waals surface area contributed by atoms with Crippen molar-refractivity contribution in [2.24, 2.45) is 11.3 Å². The minimum atomic E-state index is -0.638. The highest BCUT2D eigenvalue weighted by atomic mass is 16.5. The monoisotopic (exact) mass is 288 g/mol. The van der Waals surface area contributed by atoms with Gasteiger partial charge in [0, 0.05) is 5.92 Å². The van der Waals surface area contributed by atoms with E-state index in [9.17, 15) is 9.90 Å². The van der Waals surface area contributed by atoms with Gasteiger partial charge in [-0.1, -0.05) is 44.4 Å². The molecule has 3 heteroatoms. The van der Waals surface area contributed by atoms with Crippen molar-refractivity contribution in [2.75, 3.05) is 6.61 Å². The molecule has 2 aliphatic rings. The van der Waals surface area contributed by atoms with E-state index in [2.05, 4.69) is 6.92 Å². The van der Waals surface area contributed by atoms with Crippen LogP contribution in [-0.2, 0) is 4.74 Å². The van der Waals surface area contributed by atoms with Crippen LogP contribution in [0.1, 0.15) is 55.8 Å². The van der Waals surface area contributed by atoms with Crippen molar-refractivity contribution in [3.63, 3.8) is 0 Å². The Kier molecular flexibility index (Phi) is 3.78. The smallest absolute Gasteiger partial charge is 0.338 e. The zero-order chi connectivity index (χ0) is 14.9. The second-order valence-electron chi connectivity index (χ2n) is 6.91. The van der Waals surface area contributed by atoms with E-state index in [0.717, 1.165) is 25.7 Å². The van der Waals surface area contributed by atoms with Crippen LogP contribution in [0.4, 0.5) is 0 Å². The van der Waals surface area contributed by atoms with Gasteiger partial charge in [0.05, 0.1) is 17.8 Å². The van der Waals surface area contributed by atoms with E-state index < -0.39 is 5.60 Å². The summed E-state index contributed by atoms with van der Waals surface area (Å²) in [6.45, 7) is 2.52. The van der Waals surface area contributed by atoms with E-state index in [1.165, 1.54) is 12.8 Å². The molecule has 3 nitrogen and oxygen atoms in total. The van der Waals surface area contributed by atoms with Gasteiger partial charge in [0.2, 0.25) is 0 Å². The van der Waals surface area contributed by atoms with Gasteiger partial charge in [-0.05, 0) is 36.8 Å². The average Bonchev–Trinajstić information content (AvgIpc) is 2.61. The van der Waals surface area contributed by atoms with Crippen molar-refractivity contribution in [1.29, 1.82) is 0 Å². The zero-order valence-corrected chi connectivity index (χ0v) is 12.7. The fraction of sp³-hybridized carbons (Fsp3) is 0.611. The van der Waals surface area contributed by atoms with Gasteiger partial charge in [-0.15, -0.1) is 0 Å². The Hall–Kier alpha value is -1.35. The number of esters is 1. The number of aliphatic hydroxyl groups is 1. The summed E-state index contributed by atoms with van der Waals surface area (Å²) in [6, 6.07) is 9.05. The molecule has 21 heavy (non-hydrogen) atoms. The first-order chi connectivity index (χ1) is 10.1. The van der Waals surface area contributed by atoms with Crippen LogP contribution in [-0.4, -0.2) is 23.3 Å². The standard InChI is InChI=1S/C18H24O3/c1-17-10-6-3-7-11-18(17,20)15(12-17)13-21-16(19)14-8-4-2-5-9-14/h2,4-5,8-9,15,20H,3,6-7,10-13H2,1H3/t15-,17-,18-/m0/s1. The van der Waals surface area contributed by atoms with E-state index in [1.54, 1.807) is 12.1 Å². The van der Waals surface area contributed by atoms with Gasteiger partial charge in [-0.25, -0.2) is 4.79 Å². The molecule has 0 bridgehead atoms. The van der Waals surface area contributed by atoms with Crippen LogP contribution < -0.4 is 0 Å². The van der Waals surface area contributed by atoms with Gasteiger partial charge in [-0.3, -0.25) is 0 Å². The van der Waals surface area contributed by atoms with Crippen LogP contribution >= 0.6 is 0 Å². The molecular weight excluding hydrogens is 264 g/mol. The molecule has 0 aliphatic heterocycles. The first-order valence-corrected chi connectivity index (χ1v) is 8.00. The Balaban J connectivity index is 1.61. The van der Waals surface area contributed by atoms with Crippen LogP contribution in [0.25, 0.3) is 0 Å². The summed E-state index contributed by atoms with van der Waals surface area (Å²) in [7, 11) is 0. The predicted octanol–water partition coefficient (Wildman–Crippen LogP) is 3.56. The minimum Gasteiger partial charge on any atom is -0.462 e. The van der Waals surface area contributed by atoms with Gasteiger partial charge < -0.3 is 9.84 Å². The molecule has 1 aromatic rings. The Morgan fingerprint density at radius 1 is 1.24 bits per heavy atom.